The van der Waals surface area contributed by atoms with Crippen molar-refractivity contribution in [2.24, 2.45) is 5.73 Å². The van der Waals surface area contributed by atoms with Gasteiger partial charge in [0.1, 0.15) is 0 Å². The number of nitrogens with one attached hydrogen (secondary N) is 1. The lowest BCUT2D eigenvalue weighted by atomic mass is 10.0. The topological polar surface area (TPSA) is 72.2 Å². The zero-order chi connectivity index (χ0) is 15.7. The van der Waals surface area contributed by atoms with Crippen LogP contribution in [0.3, 0.4) is 0 Å². The van der Waals surface area contributed by atoms with Crippen molar-refractivity contribution in [1.29, 1.82) is 0 Å². The maximum Gasteiger partial charge on any atom is 0.251 e. The number of carbonyl (C=O) groups excluding carboxylic acids is 2. The van der Waals surface area contributed by atoms with E-state index in [1.165, 1.54) is 0 Å². The molecule has 3 rings (SSSR count). The highest BCUT2D eigenvalue weighted by Gasteiger charge is 2.45. The third kappa shape index (κ3) is 2.83. The summed E-state index contributed by atoms with van der Waals surface area (Å²) < 4.78 is 0. The minimum absolute atomic E-state index is 0.173. The highest BCUT2D eigenvalue weighted by atomic mass is 35.5. The van der Waals surface area contributed by atoms with E-state index in [0.717, 1.165) is 18.4 Å². The van der Waals surface area contributed by atoms with Gasteiger partial charge in [-0.25, -0.2) is 0 Å². The Balaban J connectivity index is 1.78. The molecule has 0 atom stereocenters. The predicted molar refractivity (Wildman–Crippen MR) is 84.8 cm³/mol. The maximum absolute atomic E-state index is 12.4. The van der Waals surface area contributed by atoms with Crippen LogP contribution in [0.5, 0.6) is 0 Å². The van der Waals surface area contributed by atoms with E-state index >= 15 is 0 Å². The van der Waals surface area contributed by atoms with Gasteiger partial charge in [0.25, 0.3) is 5.91 Å². The first-order valence-corrected chi connectivity index (χ1v) is 7.36. The minimum atomic E-state index is -0.510. The number of amides is 2. The van der Waals surface area contributed by atoms with Gasteiger partial charge in [0, 0.05) is 16.1 Å². The number of hydrogen-bond acceptors (Lipinski definition) is 2. The molecule has 2 amide bonds. The van der Waals surface area contributed by atoms with Gasteiger partial charge in [-0.2, -0.15) is 0 Å². The average Bonchev–Trinajstić information content (AvgIpc) is 3.28. The second-order valence-corrected chi connectivity index (χ2v) is 5.92. The van der Waals surface area contributed by atoms with Crippen molar-refractivity contribution in [1.82, 2.24) is 5.32 Å². The van der Waals surface area contributed by atoms with Gasteiger partial charge in [-0.05, 0) is 54.8 Å². The van der Waals surface area contributed by atoms with Crippen molar-refractivity contribution in [2.75, 3.05) is 0 Å². The number of carbonyl (C=O) groups is 2. The van der Waals surface area contributed by atoms with E-state index in [2.05, 4.69) is 5.32 Å². The third-order valence-corrected chi connectivity index (χ3v) is 4.15. The first kappa shape index (κ1) is 14.6. The molecule has 2 aromatic rings. The molecule has 0 saturated heterocycles. The molecule has 0 bridgehead atoms. The summed E-state index contributed by atoms with van der Waals surface area (Å²) in [5.74, 6) is -0.682. The largest absolute Gasteiger partial charge is 0.366 e. The standard InChI is InChI=1S/C17H15ClN2O2/c18-14-3-1-2-13(10-14)17(8-9-17)20-16(22)12-6-4-11(5-7-12)15(19)21/h1-7,10H,8-9H2,(H2,19,21)(H,20,22). The summed E-state index contributed by atoms with van der Waals surface area (Å²) in [7, 11) is 0. The van der Waals surface area contributed by atoms with Crippen LogP contribution in [-0.4, -0.2) is 11.8 Å². The van der Waals surface area contributed by atoms with Gasteiger partial charge in [0.15, 0.2) is 0 Å². The van der Waals surface area contributed by atoms with Gasteiger partial charge in [0.2, 0.25) is 5.91 Å². The lowest BCUT2D eigenvalue weighted by Crippen LogP contribution is -2.34. The van der Waals surface area contributed by atoms with Crippen molar-refractivity contribution in [3.05, 3.63) is 70.2 Å². The van der Waals surface area contributed by atoms with Crippen LogP contribution >= 0.6 is 11.6 Å². The van der Waals surface area contributed by atoms with Crippen LogP contribution in [0.1, 0.15) is 39.1 Å². The van der Waals surface area contributed by atoms with E-state index in [-0.39, 0.29) is 11.4 Å². The van der Waals surface area contributed by atoms with Gasteiger partial charge in [-0.15, -0.1) is 0 Å². The Bertz CT molecular complexity index is 737. The van der Waals surface area contributed by atoms with Crippen LogP contribution < -0.4 is 11.1 Å². The Kier molecular flexibility index (Phi) is 3.62. The molecule has 1 fully saturated rings. The smallest absolute Gasteiger partial charge is 0.251 e. The molecule has 5 heteroatoms. The molecule has 112 valence electrons. The highest BCUT2D eigenvalue weighted by Crippen LogP contribution is 2.46. The van der Waals surface area contributed by atoms with E-state index in [1.54, 1.807) is 24.3 Å². The summed E-state index contributed by atoms with van der Waals surface area (Å²) in [6.45, 7) is 0. The normalized spacial score (nSPS) is 15.1. The summed E-state index contributed by atoms with van der Waals surface area (Å²) in [6.07, 6.45) is 1.77. The van der Waals surface area contributed by atoms with E-state index in [1.807, 2.05) is 24.3 Å². The van der Waals surface area contributed by atoms with E-state index in [4.69, 9.17) is 17.3 Å². The summed E-state index contributed by atoms with van der Waals surface area (Å²) in [5, 5.41) is 3.72. The molecule has 1 aliphatic rings. The number of primary amides is 1. The van der Waals surface area contributed by atoms with Crippen LogP contribution in [0.25, 0.3) is 0 Å². The summed E-state index contributed by atoms with van der Waals surface area (Å²) in [4.78, 5) is 23.4. The molecule has 2 aromatic carbocycles. The van der Waals surface area contributed by atoms with Gasteiger partial charge in [0.05, 0.1) is 5.54 Å². The van der Waals surface area contributed by atoms with Crippen molar-refractivity contribution in [3.63, 3.8) is 0 Å². The van der Waals surface area contributed by atoms with Crippen molar-refractivity contribution in [3.8, 4) is 0 Å². The fourth-order valence-corrected chi connectivity index (χ4v) is 2.66. The van der Waals surface area contributed by atoms with Crippen LogP contribution in [0, 0.1) is 0 Å². The molecule has 0 unspecified atom stereocenters. The van der Waals surface area contributed by atoms with Crippen LogP contribution in [0.15, 0.2) is 48.5 Å². The molecule has 22 heavy (non-hydrogen) atoms. The third-order valence-electron chi connectivity index (χ3n) is 3.91. The van der Waals surface area contributed by atoms with Gasteiger partial charge >= 0.3 is 0 Å². The second kappa shape index (κ2) is 5.46. The Morgan fingerprint density at radius 3 is 2.23 bits per heavy atom. The molecule has 4 nitrogen and oxygen atoms in total. The van der Waals surface area contributed by atoms with Gasteiger partial charge in [-0.3, -0.25) is 9.59 Å². The fraction of sp³-hybridized carbons (Fsp3) is 0.176. The van der Waals surface area contributed by atoms with Crippen LogP contribution in [0.2, 0.25) is 5.02 Å². The predicted octanol–water partition coefficient (Wildman–Crippen LogP) is 2.86. The number of halogens is 1. The zero-order valence-electron chi connectivity index (χ0n) is 11.8. The Labute approximate surface area is 133 Å². The molecule has 0 heterocycles. The molecule has 1 saturated carbocycles. The molecule has 0 aliphatic heterocycles. The highest BCUT2D eigenvalue weighted by molar-refractivity contribution is 6.30. The maximum atomic E-state index is 12.4. The molecule has 0 spiro atoms. The Hall–Kier alpha value is -2.33. The molecule has 0 radical (unpaired) electrons. The summed E-state index contributed by atoms with van der Waals surface area (Å²) in [6, 6.07) is 13.8. The average molecular weight is 315 g/mol. The van der Waals surface area contributed by atoms with E-state index in [0.29, 0.717) is 16.1 Å². The number of rotatable bonds is 4. The number of nitrogens with two attached hydrogens (primary N) is 1. The van der Waals surface area contributed by atoms with Crippen molar-refractivity contribution in [2.45, 2.75) is 18.4 Å². The van der Waals surface area contributed by atoms with Crippen molar-refractivity contribution >= 4 is 23.4 Å². The lowest BCUT2D eigenvalue weighted by molar-refractivity contribution is 0.0928. The SMILES string of the molecule is NC(=O)c1ccc(C(=O)NC2(c3cccc(Cl)c3)CC2)cc1. The molecular weight excluding hydrogens is 300 g/mol. The van der Waals surface area contributed by atoms with Crippen LogP contribution in [0.4, 0.5) is 0 Å². The minimum Gasteiger partial charge on any atom is -0.366 e. The number of hydrogen-bond donors (Lipinski definition) is 2. The molecule has 0 aromatic heterocycles. The molecule has 1 aliphatic carbocycles. The monoisotopic (exact) mass is 314 g/mol. The van der Waals surface area contributed by atoms with Gasteiger partial charge < -0.3 is 11.1 Å². The quantitative estimate of drug-likeness (QED) is 0.910. The summed E-state index contributed by atoms with van der Waals surface area (Å²) in [5.41, 5.74) is 6.76. The van der Waals surface area contributed by atoms with Crippen LogP contribution in [-0.2, 0) is 5.54 Å². The zero-order valence-corrected chi connectivity index (χ0v) is 12.6. The number of benzene rings is 2. The van der Waals surface area contributed by atoms with Crippen molar-refractivity contribution < 1.29 is 9.59 Å². The molecule has 3 N–H and O–H groups in total. The Morgan fingerprint density at radius 2 is 1.68 bits per heavy atom. The first-order valence-electron chi connectivity index (χ1n) is 6.99. The molecular formula is C17H15ClN2O2. The Morgan fingerprint density at radius 1 is 1.05 bits per heavy atom. The van der Waals surface area contributed by atoms with E-state index < -0.39 is 5.91 Å². The fourth-order valence-electron chi connectivity index (χ4n) is 2.47. The van der Waals surface area contributed by atoms with Gasteiger partial charge in [-0.1, -0.05) is 23.7 Å². The summed E-state index contributed by atoms with van der Waals surface area (Å²) >= 11 is 6.02. The van der Waals surface area contributed by atoms with E-state index in [9.17, 15) is 9.59 Å². The second-order valence-electron chi connectivity index (χ2n) is 5.49. The lowest BCUT2D eigenvalue weighted by Gasteiger charge is -2.18. The first-order chi connectivity index (χ1) is 10.5.